The summed E-state index contributed by atoms with van der Waals surface area (Å²) >= 11 is 0. The average Bonchev–Trinajstić information content (AvgIpc) is 3.36. The molecule has 9 heteroatoms. The number of aliphatic imine (C=N–C) groups is 1. The van der Waals surface area contributed by atoms with Crippen molar-refractivity contribution in [1.29, 1.82) is 0 Å². The van der Waals surface area contributed by atoms with Crippen molar-refractivity contribution in [1.82, 2.24) is 14.9 Å². The van der Waals surface area contributed by atoms with Gasteiger partial charge in [-0.25, -0.2) is 4.98 Å². The topological polar surface area (TPSA) is 62.3 Å². The van der Waals surface area contributed by atoms with E-state index in [1.165, 1.54) is 6.92 Å². The van der Waals surface area contributed by atoms with E-state index in [0.29, 0.717) is 12.1 Å². The number of carbonyl (C=O) groups excluding carboxylic acids is 1. The first-order valence-corrected chi connectivity index (χ1v) is 9.05. The number of benzene rings is 1. The number of carbonyl (C=O) groups is 1. The van der Waals surface area contributed by atoms with Gasteiger partial charge < -0.3 is 14.8 Å². The van der Waals surface area contributed by atoms with Gasteiger partial charge in [-0.3, -0.25) is 9.79 Å². The lowest BCUT2D eigenvalue weighted by atomic mass is 10.0. The third-order valence-corrected chi connectivity index (χ3v) is 5.27. The van der Waals surface area contributed by atoms with Gasteiger partial charge in [0.15, 0.2) is 0 Å². The molecule has 2 aliphatic heterocycles. The Bertz CT molecular complexity index is 978. The predicted molar refractivity (Wildman–Crippen MR) is 99.3 cm³/mol. The van der Waals surface area contributed by atoms with E-state index < -0.39 is 18.1 Å². The van der Waals surface area contributed by atoms with Crippen molar-refractivity contribution < 1.29 is 18.0 Å². The highest BCUT2D eigenvalue weighted by atomic mass is 19.4. The van der Waals surface area contributed by atoms with E-state index in [2.05, 4.69) is 15.3 Å². The number of amides is 1. The molecule has 2 aromatic rings. The molecule has 1 aromatic carbocycles. The summed E-state index contributed by atoms with van der Waals surface area (Å²) in [6, 6.07) is 3.71. The summed E-state index contributed by atoms with van der Waals surface area (Å²) in [4.78, 5) is 23.3. The molecule has 2 aliphatic rings. The molecule has 0 radical (unpaired) electrons. The lowest BCUT2D eigenvalue weighted by molar-refractivity contribution is -0.160. The fourth-order valence-corrected chi connectivity index (χ4v) is 3.45. The Labute approximate surface area is 160 Å². The van der Waals surface area contributed by atoms with Crippen molar-refractivity contribution in [2.24, 2.45) is 12.0 Å². The lowest BCUT2D eigenvalue weighted by Gasteiger charge is -2.23. The van der Waals surface area contributed by atoms with Gasteiger partial charge >= 0.3 is 6.18 Å². The maximum absolute atomic E-state index is 13.1. The maximum Gasteiger partial charge on any atom is 0.408 e. The molecule has 0 bridgehead atoms. The molecular formula is C19H20F3N5O. The second kappa shape index (κ2) is 6.35. The van der Waals surface area contributed by atoms with Crippen LogP contribution >= 0.6 is 0 Å². The van der Waals surface area contributed by atoms with Crippen LogP contribution in [0.1, 0.15) is 24.7 Å². The normalized spacial score (nSPS) is 18.9. The summed E-state index contributed by atoms with van der Waals surface area (Å²) < 4.78 is 41.2. The standard InChI is InChI=1S/C19H20F3N5O/c1-4-15(19(20,21)22)24-18(28)17-12-7-11(14-8-23-10(2)26(14)3)5-6-13(12)27-9-16(27)25-17/h5-8,15-16H,4,9H2,1-3H3,(H,24,28)/t15-,16?,27?/m0/s1. The van der Waals surface area contributed by atoms with Gasteiger partial charge in [0.05, 0.1) is 18.4 Å². The minimum Gasteiger partial charge on any atom is -0.344 e. The van der Waals surface area contributed by atoms with Crippen LogP contribution in [0.5, 0.6) is 0 Å². The molecule has 0 spiro atoms. The minimum atomic E-state index is -4.50. The van der Waals surface area contributed by atoms with E-state index in [0.717, 1.165) is 22.8 Å². The van der Waals surface area contributed by atoms with E-state index in [4.69, 9.17) is 0 Å². The smallest absolute Gasteiger partial charge is 0.344 e. The van der Waals surface area contributed by atoms with Gasteiger partial charge in [-0.1, -0.05) is 13.0 Å². The van der Waals surface area contributed by atoms with E-state index in [1.54, 1.807) is 12.3 Å². The van der Waals surface area contributed by atoms with E-state index in [1.807, 2.05) is 35.6 Å². The van der Waals surface area contributed by atoms with E-state index >= 15 is 0 Å². The Morgan fingerprint density at radius 2 is 2.14 bits per heavy atom. The summed E-state index contributed by atoms with van der Waals surface area (Å²) in [5, 5.41) is 2.10. The van der Waals surface area contributed by atoms with Crippen LogP contribution in [0.2, 0.25) is 0 Å². The number of aryl methyl sites for hydroxylation is 1. The molecule has 0 saturated carbocycles. The number of hydrogen-bond acceptors (Lipinski definition) is 4. The third-order valence-electron chi connectivity index (χ3n) is 5.27. The highest BCUT2D eigenvalue weighted by Crippen LogP contribution is 2.39. The first-order valence-electron chi connectivity index (χ1n) is 9.05. The molecule has 1 saturated heterocycles. The van der Waals surface area contributed by atoms with Gasteiger partial charge in [-0.2, -0.15) is 13.2 Å². The Balaban J connectivity index is 1.71. The minimum absolute atomic E-state index is 0.0530. The molecule has 4 rings (SSSR count). The Morgan fingerprint density at radius 1 is 1.39 bits per heavy atom. The molecule has 1 fully saturated rings. The van der Waals surface area contributed by atoms with Crippen LogP contribution in [0.15, 0.2) is 29.4 Å². The summed E-state index contributed by atoms with van der Waals surface area (Å²) in [6.45, 7) is 3.93. The van der Waals surface area contributed by atoms with E-state index in [9.17, 15) is 18.0 Å². The lowest BCUT2D eigenvalue weighted by Crippen LogP contribution is -2.48. The third kappa shape index (κ3) is 3.04. The summed E-state index contributed by atoms with van der Waals surface area (Å²) in [5.41, 5.74) is 3.09. The highest BCUT2D eigenvalue weighted by Gasteiger charge is 2.44. The molecule has 28 heavy (non-hydrogen) atoms. The highest BCUT2D eigenvalue weighted by molar-refractivity contribution is 6.47. The van der Waals surface area contributed by atoms with Gasteiger partial charge in [0.2, 0.25) is 0 Å². The largest absolute Gasteiger partial charge is 0.408 e. The number of rotatable bonds is 4. The first kappa shape index (κ1) is 18.5. The van der Waals surface area contributed by atoms with Crippen LogP contribution in [0.3, 0.4) is 0 Å². The predicted octanol–water partition coefficient (Wildman–Crippen LogP) is 2.80. The molecule has 1 N–H and O–H groups in total. The maximum atomic E-state index is 13.1. The fraction of sp³-hybridized carbons (Fsp3) is 0.421. The Hall–Kier alpha value is -2.84. The van der Waals surface area contributed by atoms with Gasteiger partial charge in [0.1, 0.15) is 23.7 Å². The van der Waals surface area contributed by atoms with Crippen LogP contribution in [0.25, 0.3) is 11.3 Å². The van der Waals surface area contributed by atoms with Crippen LogP contribution in [0, 0.1) is 6.92 Å². The number of halogens is 3. The molecule has 0 aliphatic carbocycles. The van der Waals surface area contributed by atoms with Crippen molar-refractivity contribution in [3.63, 3.8) is 0 Å². The zero-order valence-corrected chi connectivity index (χ0v) is 15.7. The van der Waals surface area contributed by atoms with Crippen molar-refractivity contribution in [2.45, 2.75) is 38.7 Å². The molecule has 1 aromatic heterocycles. The second-order valence-electron chi connectivity index (χ2n) is 7.07. The first-order chi connectivity index (χ1) is 13.2. The van der Waals surface area contributed by atoms with Gasteiger partial charge in [0.25, 0.3) is 5.91 Å². The number of alkyl halides is 3. The van der Waals surface area contributed by atoms with Crippen molar-refractivity contribution >= 4 is 17.3 Å². The Morgan fingerprint density at radius 3 is 2.75 bits per heavy atom. The number of aromatic nitrogens is 2. The molecule has 1 amide bonds. The second-order valence-corrected chi connectivity index (χ2v) is 7.07. The van der Waals surface area contributed by atoms with Crippen LogP contribution in [-0.4, -0.2) is 46.1 Å². The molecular weight excluding hydrogens is 371 g/mol. The quantitative estimate of drug-likeness (QED) is 0.816. The molecule has 3 heterocycles. The number of imidazole rings is 1. The number of nitrogens with one attached hydrogen (secondary N) is 1. The average molecular weight is 391 g/mol. The van der Waals surface area contributed by atoms with Crippen molar-refractivity contribution in [3.8, 4) is 11.3 Å². The summed E-state index contributed by atoms with van der Waals surface area (Å²) in [5.74, 6) is 0.0386. The SMILES string of the molecule is CC[C@H](NC(=O)C1=NC2CN2c2ccc(-c3cnc(C)n3C)cc21)C(F)(F)F. The van der Waals surface area contributed by atoms with Crippen LogP contribution < -0.4 is 10.2 Å². The molecule has 2 atom stereocenters. The Kier molecular flexibility index (Phi) is 4.20. The molecule has 6 nitrogen and oxygen atoms in total. The zero-order chi connectivity index (χ0) is 20.2. The monoisotopic (exact) mass is 391 g/mol. The van der Waals surface area contributed by atoms with E-state index in [-0.39, 0.29) is 18.3 Å². The van der Waals surface area contributed by atoms with Crippen LogP contribution in [0.4, 0.5) is 18.9 Å². The van der Waals surface area contributed by atoms with Crippen molar-refractivity contribution in [2.75, 3.05) is 11.4 Å². The van der Waals surface area contributed by atoms with Gasteiger partial charge in [-0.15, -0.1) is 0 Å². The van der Waals surface area contributed by atoms with Gasteiger partial charge in [-0.05, 0) is 25.5 Å². The molecule has 148 valence electrons. The number of fused-ring (bicyclic) bond motifs is 3. The summed E-state index contributed by atoms with van der Waals surface area (Å²) in [6.07, 6.45) is -3.18. The number of anilines is 1. The zero-order valence-electron chi connectivity index (χ0n) is 15.7. The number of nitrogens with zero attached hydrogens (tertiary/aromatic N) is 4. The molecule has 1 unspecified atom stereocenters. The van der Waals surface area contributed by atoms with Crippen molar-refractivity contribution in [3.05, 3.63) is 35.8 Å². The van der Waals surface area contributed by atoms with Crippen LogP contribution in [-0.2, 0) is 11.8 Å². The number of hydrogen-bond donors (Lipinski definition) is 1. The fourth-order valence-electron chi connectivity index (χ4n) is 3.45. The summed E-state index contributed by atoms with van der Waals surface area (Å²) in [7, 11) is 1.88. The van der Waals surface area contributed by atoms with Gasteiger partial charge in [0, 0.05) is 23.9 Å².